The van der Waals surface area contributed by atoms with Gasteiger partial charge in [-0.1, -0.05) is 13.8 Å². The van der Waals surface area contributed by atoms with Gasteiger partial charge in [0.15, 0.2) is 0 Å². The number of aliphatic hydroxyl groups is 1. The number of hydrogen-bond acceptors (Lipinski definition) is 3. The lowest BCUT2D eigenvalue weighted by molar-refractivity contribution is -0.132. The molecule has 1 aliphatic rings. The normalized spacial score (nSPS) is 23.5. The molecule has 0 saturated carbocycles. The molecule has 1 aliphatic heterocycles. The van der Waals surface area contributed by atoms with Gasteiger partial charge in [-0.2, -0.15) is 0 Å². The standard InChI is InChI=1S/C11H22N2O2/c1-8(2)10(12)11(15)13-5-3-9(7-13)4-6-14/h8-10,14H,3-7,12H2,1-2H3. The molecule has 0 radical (unpaired) electrons. The van der Waals surface area contributed by atoms with Crippen molar-refractivity contribution in [2.24, 2.45) is 17.6 Å². The number of carbonyl (C=O) groups is 1. The fraction of sp³-hybridized carbons (Fsp3) is 0.909. The molecule has 3 N–H and O–H groups in total. The molecule has 4 nitrogen and oxygen atoms in total. The van der Waals surface area contributed by atoms with Crippen molar-refractivity contribution < 1.29 is 9.90 Å². The van der Waals surface area contributed by atoms with Gasteiger partial charge in [-0.3, -0.25) is 4.79 Å². The highest BCUT2D eigenvalue weighted by Gasteiger charge is 2.29. The molecule has 88 valence electrons. The van der Waals surface area contributed by atoms with Crippen LogP contribution in [0.15, 0.2) is 0 Å². The van der Waals surface area contributed by atoms with Crippen molar-refractivity contribution in [2.45, 2.75) is 32.7 Å². The zero-order chi connectivity index (χ0) is 11.4. The molecular weight excluding hydrogens is 192 g/mol. The largest absolute Gasteiger partial charge is 0.396 e. The Morgan fingerprint density at radius 1 is 1.60 bits per heavy atom. The maximum atomic E-state index is 11.9. The second-order valence-corrected chi connectivity index (χ2v) is 4.72. The summed E-state index contributed by atoms with van der Waals surface area (Å²) in [5, 5.41) is 8.82. The first kappa shape index (κ1) is 12.5. The summed E-state index contributed by atoms with van der Waals surface area (Å²) in [6.45, 7) is 5.69. The van der Waals surface area contributed by atoms with Crippen LogP contribution in [-0.4, -0.2) is 41.7 Å². The topological polar surface area (TPSA) is 66.6 Å². The number of nitrogens with two attached hydrogens (primary N) is 1. The maximum Gasteiger partial charge on any atom is 0.239 e. The highest BCUT2D eigenvalue weighted by Crippen LogP contribution is 2.20. The summed E-state index contributed by atoms with van der Waals surface area (Å²) >= 11 is 0. The Bertz CT molecular complexity index is 219. The lowest BCUT2D eigenvalue weighted by Crippen LogP contribution is -2.45. The molecule has 0 bridgehead atoms. The van der Waals surface area contributed by atoms with Crippen molar-refractivity contribution in [1.82, 2.24) is 4.90 Å². The number of amides is 1. The Morgan fingerprint density at radius 2 is 2.27 bits per heavy atom. The molecule has 15 heavy (non-hydrogen) atoms. The van der Waals surface area contributed by atoms with E-state index < -0.39 is 0 Å². The molecular formula is C11H22N2O2. The van der Waals surface area contributed by atoms with Crippen molar-refractivity contribution in [3.63, 3.8) is 0 Å². The Kier molecular flexibility index (Phi) is 4.54. The van der Waals surface area contributed by atoms with Crippen LogP contribution in [0, 0.1) is 11.8 Å². The Labute approximate surface area is 91.4 Å². The number of nitrogens with zero attached hydrogens (tertiary/aromatic N) is 1. The molecule has 0 aromatic rings. The van der Waals surface area contributed by atoms with E-state index in [-0.39, 0.29) is 24.5 Å². The van der Waals surface area contributed by atoms with Crippen LogP contribution in [0.1, 0.15) is 26.7 Å². The van der Waals surface area contributed by atoms with Gasteiger partial charge in [-0.25, -0.2) is 0 Å². The van der Waals surface area contributed by atoms with Gasteiger partial charge in [0.25, 0.3) is 0 Å². The third kappa shape index (κ3) is 3.18. The van der Waals surface area contributed by atoms with Crippen LogP contribution < -0.4 is 5.73 Å². The van der Waals surface area contributed by atoms with Crippen molar-refractivity contribution >= 4 is 5.91 Å². The quantitative estimate of drug-likeness (QED) is 0.702. The molecule has 0 aromatic heterocycles. The minimum atomic E-state index is -0.377. The lowest BCUT2D eigenvalue weighted by atomic mass is 10.0. The number of rotatable bonds is 4. The number of carbonyl (C=O) groups excluding carboxylic acids is 1. The van der Waals surface area contributed by atoms with E-state index in [0.29, 0.717) is 5.92 Å². The molecule has 1 fully saturated rings. The van der Waals surface area contributed by atoms with Gasteiger partial charge >= 0.3 is 0 Å². The van der Waals surface area contributed by atoms with Gasteiger partial charge in [-0.15, -0.1) is 0 Å². The Morgan fingerprint density at radius 3 is 2.80 bits per heavy atom. The maximum absolute atomic E-state index is 11.9. The molecule has 2 unspecified atom stereocenters. The van der Waals surface area contributed by atoms with E-state index in [9.17, 15) is 4.79 Å². The summed E-state index contributed by atoms with van der Waals surface area (Å²) in [5.41, 5.74) is 5.82. The van der Waals surface area contributed by atoms with Gasteiger partial charge in [0.05, 0.1) is 6.04 Å². The van der Waals surface area contributed by atoms with Gasteiger partial charge < -0.3 is 15.7 Å². The zero-order valence-corrected chi connectivity index (χ0v) is 9.65. The SMILES string of the molecule is CC(C)C(N)C(=O)N1CCC(CCO)C1. The van der Waals surface area contributed by atoms with E-state index in [0.717, 1.165) is 25.9 Å². The van der Waals surface area contributed by atoms with Crippen LogP contribution in [0.5, 0.6) is 0 Å². The average molecular weight is 214 g/mol. The monoisotopic (exact) mass is 214 g/mol. The highest BCUT2D eigenvalue weighted by atomic mass is 16.3. The zero-order valence-electron chi connectivity index (χ0n) is 9.65. The van der Waals surface area contributed by atoms with Crippen molar-refractivity contribution in [2.75, 3.05) is 19.7 Å². The molecule has 2 atom stereocenters. The van der Waals surface area contributed by atoms with Crippen LogP contribution >= 0.6 is 0 Å². The summed E-state index contributed by atoms with van der Waals surface area (Å²) in [4.78, 5) is 13.7. The van der Waals surface area contributed by atoms with Crippen molar-refractivity contribution in [1.29, 1.82) is 0 Å². The minimum Gasteiger partial charge on any atom is -0.396 e. The Balaban J connectivity index is 2.43. The first-order chi connectivity index (χ1) is 7.06. The second kappa shape index (κ2) is 5.47. The summed E-state index contributed by atoms with van der Waals surface area (Å²) in [6, 6.07) is -0.377. The molecule has 1 amide bonds. The van der Waals surface area contributed by atoms with E-state index in [2.05, 4.69) is 0 Å². The second-order valence-electron chi connectivity index (χ2n) is 4.72. The Hall–Kier alpha value is -0.610. The summed E-state index contributed by atoms with van der Waals surface area (Å²) in [7, 11) is 0. The van der Waals surface area contributed by atoms with Gasteiger partial charge in [0.1, 0.15) is 0 Å². The van der Waals surface area contributed by atoms with Crippen molar-refractivity contribution in [3.05, 3.63) is 0 Å². The predicted molar refractivity (Wildman–Crippen MR) is 59.2 cm³/mol. The van der Waals surface area contributed by atoms with Crippen LogP contribution in [-0.2, 0) is 4.79 Å². The lowest BCUT2D eigenvalue weighted by Gasteiger charge is -2.23. The number of hydrogen-bond donors (Lipinski definition) is 2. The van der Waals surface area contributed by atoms with Crippen molar-refractivity contribution in [3.8, 4) is 0 Å². The first-order valence-corrected chi connectivity index (χ1v) is 5.71. The summed E-state index contributed by atoms with van der Waals surface area (Å²) < 4.78 is 0. The van der Waals surface area contributed by atoms with E-state index in [1.807, 2.05) is 18.7 Å². The first-order valence-electron chi connectivity index (χ1n) is 5.71. The van der Waals surface area contributed by atoms with E-state index in [1.165, 1.54) is 0 Å². The van der Waals surface area contributed by atoms with Crippen LogP contribution in [0.4, 0.5) is 0 Å². The smallest absolute Gasteiger partial charge is 0.239 e. The summed E-state index contributed by atoms with van der Waals surface area (Å²) in [6.07, 6.45) is 1.79. The molecule has 4 heteroatoms. The average Bonchev–Trinajstić information content (AvgIpc) is 2.64. The van der Waals surface area contributed by atoms with Gasteiger partial charge in [-0.05, 0) is 24.7 Å². The molecule has 1 saturated heterocycles. The number of aliphatic hydroxyl groups excluding tert-OH is 1. The molecule has 1 rings (SSSR count). The van der Waals surface area contributed by atoms with Crippen LogP contribution in [0.2, 0.25) is 0 Å². The minimum absolute atomic E-state index is 0.0606. The number of likely N-dealkylation sites (tertiary alicyclic amines) is 1. The van der Waals surface area contributed by atoms with Gasteiger partial charge in [0.2, 0.25) is 5.91 Å². The molecule has 0 aromatic carbocycles. The van der Waals surface area contributed by atoms with Crippen LogP contribution in [0.3, 0.4) is 0 Å². The summed E-state index contributed by atoms with van der Waals surface area (Å²) in [5.74, 6) is 0.707. The third-order valence-electron chi connectivity index (χ3n) is 3.14. The molecule has 0 aliphatic carbocycles. The molecule has 1 heterocycles. The van der Waals surface area contributed by atoms with E-state index in [4.69, 9.17) is 10.8 Å². The fourth-order valence-corrected chi connectivity index (χ4v) is 1.95. The van der Waals surface area contributed by atoms with E-state index in [1.54, 1.807) is 0 Å². The van der Waals surface area contributed by atoms with Gasteiger partial charge in [0, 0.05) is 19.7 Å². The highest BCUT2D eigenvalue weighted by molar-refractivity contribution is 5.82. The third-order valence-corrected chi connectivity index (χ3v) is 3.14. The van der Waals surface area contributed by atoms with E-state index >= 15 is 0 Å². The molecule has 0 spiro atoms. The van der Waals surface area contributed by atoms with Crippen LogP contribution in [0.25, 0.3) is 0 Å². The fourth-order valence-electron chi connectivity index (χ4n) is 1.95. The predicted octanol–water partition coefficient (Wildman–Crippen LogP) is 0.201.